The Balaban J connectivity index is 2.79. The van der Waals surface area contributed by atoms with E-state index in [0.717, 1.165) is 6.42 Å². The van der Waals surface area contributed by atoms with Gasteiger partial charge >= 0.3 is 0 Å². The van der Waals surface area contributed by atoms with Gasteiger partial charge in [-0.15, -0.1) is 0 Å². The summed E-state index contributed by atoms with van der Waals surface area (Å²) in [5, 5.41) is 3.34. The summed E-state index contributed by atoms with van der Waals surface area (Å²) in [5.74, 6) is 0.759. The van der Waals surface area contributed by atoms with Crippen molar-refractivity contribution in [2.45, 2.75) is 39.7 Å². The molecule has 0 unspecified atom stereocenters. The van der Waals surface area contributed by atoms with Crippen molar-refractivity contribution in [1.82, 2.24) is 0 Å². The average Bonchev–Trinajstić information content (AvgIpc) is 2.37. The highest BCUT2D eigenvalue weighted by atomic mass is 35.5. The van der Waals surface area contributed by atoms with E-state index < -0.39 is 6.04 Å². The van der Waals surface area contributed by atoms with E-state index in [2.05, 4.69) is 5.32 Å². The third kappa shape index (κ3) is 5.39. The normalized spacial score (nSPS) is 12.3. The zero-order valence-electron chi connectivity index (χ0n) is 12.3. The molecule has 0 fully saturated rings. The van der Waals surface area contributed by atoms with Crippen molar-refractivity contribution in [3.05, 3.63) is 23.2 Å². The Kier molecular flexibility index (Phi) is 6.82. The van der Waals surface area contributed by atoms with E-state index in [9.17, 15) is 4.79 Å². The Morgan fingerprint density at radius 1 is 1.45 bits per heavy atom. The molecule has 1 rings (SSSR count). The van der Waals surface area contributed by atoms with Crippen LogP contribution in [0.5, 0.6) is 5.75 Å². The number of carbonyl (C=O) groups excluding carboxylic acids is 1. The standard InChI is InChI=1S/C15H23ClN2O2/c1-4-7-20-14-6-5-11(16)9-13(14)18-15(19)12(17)8-10(2)3/h5-6,9-10,12H,4,7-8,17H2,1-3H3,(H,18,19)/t12-/m1/s1. The van der Waals surface area contributed by atoms with Crippen LogP contribution < -0.4 is 15.8 Å². The van der Waals surface area contributed by atoms with E-state index in [0.29, 0.717) is 35.4 Å². The van der Waals surface area contributed by atoms with Gasteiger partial charge in [-0.3, -0.25) is 4.79 Å². The van der Waals surface area contributed by atoms with Crippen LogP contribution in [0.25, 0.3) is 0 Å². The van der Waals surface area contributed by atoms with Crippen LogP contribution in [-0.2, 0) is 4.79 Å². The lowest BCUT2D eigenvalue weighted by Crippen LogP contribution is -2.36. The summed E-state index contributed by atoms with van der Waals surface area (Å²) in [6.45, 7) is 6.67. The van der Waals surface area contributed by atoms with Gasteiger partial charge in [0.1, 0.15) is 5.75 Å². The number of rotatable bonds is 7. The van der Waals surface area contributed by atoms with Crippen molar-refractivity contribution < 1.29 is 9.53 Å². The van der Waals surface area contributed by atoms with Crippen LogP contribution in [0.1, 0.15) is 33.6 Å². The molecule has 0 spiro atoms. The second-order valence-corrected chi connectivity index (χ2v) is 5.65. The number of benzene rings is 1. The van der Waals surface area contributed by atoms with Gasteiger partial charge in [-0.1, -0.05) is 32.4 Å². The molecule has 0 saturated carbocycles. The topological polar surface area (TPSA) is 64.3 Å². The van der Waals surface area contributed by atoms with Crippen LogP contribution in [0.3, 0.4) is 0 Å². The summed E-state index contributed by atoms with van der Waals surface area (Å²) in [6.07, 6.45) is 1.53. The van der Waals surface area contributed by atoms with E-state index in [4.69, 9.17) is 22.1 Å². The minimum Gasteiger partial charge on any atom is -0.491 e. The molecule has 0 bridgehead atoms. The van der Waals surface area contributed by atoms with Gasteiger partial charge in [-0.05, 0) is 37.0 Å². The van der Waals surface area contributed by atoms with Gasteiger partial charge in [0.2, 0.25) is 5.91 Å². The highest BCUT2D eigenvalue weighted by molar-refractivity contribution is 6.31. The molecule has 0 radical (unpaired) electrons. The van der Waals surface area contributed by atoms with Crippen molar-refractivity contribution in [1.29, 1.82) is 0 Å². The van der Waals surface area contributed by atoms with E-state index in [1.807, 2.05) is 20.8 Å². The number of ether oxygens (including phenoxy) is 1. The van der Waals surface area contributed by atoms with Crippen molar-refractivity contribution >= 4 is 23.2 Å². The zero-order chi connectivity index (χ0) is 15.1. The third-order valence-corrected chi connectivity index (χ3v) is 2.96. The van der Waals surface area contributed by atoms with Gasteiger partial charge in [0.15, 0.2) is 0 Å². The van der Waals surface area contributed by atoms with Crippen molar-refractivity contribution in [3.63, 3.8) is 0 Å². The van der Waals surface area contributed by atoms with E-state index >= 15 is 0 Å². The number of hydrogen-bond donors (Lipinski definition) is 2. The highest BCUT2D eigenvalue weighted by Gasteiger charge is 2.17. The fourth-order valence-electron chi connectivity index (χ4n) is 1.78. The smallest absolute Gasteiger partial charge is 0.241 e. The number of nitrogens with one attached hydrogen (secondary N) is 1. The minimum atomic E-state index is -0.534. The van der Waals surface area contributed by atoms with Crippen LogP contribution in [0.2, 0.25) is 5.02 Å². The summed E-state index contributed by atoms with van der Waals surface area (Å²) in [5.41, 5.74) is 6.43. The second-order valence-electron chi connectivity index (χ2n) is 5.21. The molecule has 1 aromatic rings. The number of carbonyl (C=O) groups is 1. The molecule has 1 atom stereocenters. The highest BCUT2D eigenvalue weighted by Crippen LogP contribution is 2.28. The van der Waals surface area contributed by atoms with Crippen LogP contribution in [0.4, 0.5) is 5.69 Å². The molecule has 5 heteroatoms. The number of amides is 1. The first-order chi connectivity index (χ1) is 9.43. The summed E-state index contributed by atoms with van der Waals surface area (Å²) >= 11 is 5.96. The molecule has 20 heavy (non-hydrogen) atoms. The Morgan fingerprint density at radius 3 is 2.75 bits per heavy atom. The second kappa shape index (κ2) is 8.12. The number of anilines is 1. The lowest BCUT2D eigenvalue weighted by molar-refractivity contribution is -0.117. The molecule has 112 valence electrons. The fourth-order valence-corrected chi connectivity index (χ4v) is 1.95. The zero-order valence-corrected chi connectivity index (χ0v) is 13.0. The molecule has 3 N–H and O–H groups in total. The van der Waals surface area contributed by atoms with Crippen molar-refractivity contribution in [2.24, 2.45) is 11.7 Å². The number of nitrogens with two attached hydrogens (primary N) is 1. The first-order valence-electron chi connectivity index (χ1n) is 6.92. The van der Waals surface area contributed by atoms with Gasteiger partial charge in [-0.2, -0.15) is 0 Å². The van der Waals surface area contributed by atoms with E-state index in [1.165, 1.54) is 0 Å². The predicted octanol–water partition coefficient (Wildman–Crippen LogP) is 3.44. The number of hydrogen-bond acceptors (Lipinski definition) is 3. The SMILES string of the molecule is CCCOc1ccc(Cl)cc1NC(=O)[C@H](N)CC(C)C. The Labute approximate surface area is 125 Å². The predicted molar refractivity (Wildman–Crippen MR) is 83.3 cm³/mol. The molecular formula is C15H23ClN2O2. The Morgan fingerprint density at radius 2 is 2.15 bits per heavy atom. The van der Waals surface area contributed by atoms with Crippen LogP contribution in [-0.4, -0.2) is 18.6 Å². The molecule has 4 nitrogen and oxygen atoms in total. The summed E-state index contributed by atoms with van der Waals surface area (Å²) in [6, 6.07) is 4.62. The quantitative estimate of drug-likeness (QED) is 0.810. The first kappa shape index (κ1) is 16.8. The summed E-state index contributed by atoms with van der Waals surface area (Å²) < 4.78 is 5.59. The Bertz CT molecular complexity index is 449. The molecule has 1 amide bonds. The monoisotopic (exact) mass is 298 g/mol. The molecule has 1 aromatic carbocycles. The van der Waals surface area contributed by atoms with Crippen LogP contribution in [0, 0.1) is 5.92 Å². The molecule has 0 saturated heterocycles. The van der Waals surface area contributed by atoms with Crippen LogP contribution in [0.15, 0.2) is 18.2 Å². The first-order valence-corrected chi connectivity index (χ1v) is 7.30. The van der Waals surface area contributed by atoms with Gasteiger partial charge in [0.25, 0.3) is 0 Å². The molecular weight excluding hydrogens is 276 g/mol. The molecule has 0 aromatic heterocycles. The molecule has 0 aliphatic rings. The maximum absolute atomic E-state index is 12.1. The summed E-state index contributed by atoms with van der Waals surface area (Å²) in [4.78, 5) is 12.1. The van der Waals surface area contributed by atoms with E-state index in [1.54, 1.807) is 18.2 Å². The average molecular weight is 299 g/mol. The maximum atomic E-state index is 12.1. The molecule has 0 heterocycles. The van der Waals surface area contributed by atoms with E-state index in [-0.39, 0.29) is 5.91 Å². The lowest BCUT2D eigenvalue weighted by Gasteiger charge is -2.16. The van der Waals surface area contributed by atoms with Gasteiger partial charge < -0.3 is 15.8 Å². The third-order valence-electron chi connectivity index (χ3n) is 2.72. The fraction of sp³-hybridized carbons (Fsp3) is 0.533. The largest absolute Gasteiger partial charge is 0.491 e. The Hall–Kier alpha value is -1.26. The van der Waals surface area contributed by atoms with Gasteiger partial charge in [0, 0.05) is 5.02 Å². The molecule has 0 aliphatic heterocycles. The minimum absolute atomic E-state index is 0.220. The summed E-state index contributed by atoms with van der Waals surface area (Å²) in [7, 11) is 0. The maximum Gasteiger partial charge on any atom is 0.241 e. The van der Waals surface area contributed by atoms with Crippen molar-refractivity contribution in [2.75, 3.05) is 11.9 Å². The van der Waals surface area contributed by atoms with Crippen LogP contribution >= 0.6 is 11.6 Å². The lowest BCUT2D eigenvalue weighted by atomic mass is 10.0. The van der Waals surface area contributed by atoms with Gasteiger partial charge in [0.05, 0.1) is 18.3 Å². The van der Waals surface area contributed by atoms with Crippen molar-refractivity contribution in [3.8, 4) is 5.75 Å². The van der Waals surface area contributed by atoms with Gasteiger partial charge in [-0.25, -0.2) is 0 Å². The number of halogens is 1. The molecule has 0 aliphatic carbocycles.